The van der Waals surface area contributed by atoms with Gasteiger partial charge in [0, 0.05) is 22.7 Å². The lowest BCUT2D eigenvalue weighted by atomic mass is 9.71. The Labute approximate surface area is 123 Å². The van der Waals surface area contributed by atoms with Gasteiger partial charge in [0.1, 0.15) is 5.60 Å². The van der Waals surface area contributed by atoms with Crippen LogP contribution in [0.2, 0.25) is 0 Å². The molecule has 1 fully saturated rings. The highest BCUT2D eigenvalue weighted by Gasteiger charge is 2.38. The summed E-state index contributed by atoms with van der Waals surface area (Å²) in [6.45, 7) is 5.05. The molecule has 19 heavy (non-hydrogen) atoms. The van der Waals surface area contributed by atoms with Gasteiger partial charge in [-0.05, 0) is 32.8 Å². The summed E-state index contributed by atoms with van der Waals surface area (Å²) >= 11 is 3.63. The fourth-order valence-corrected chi connectivity index (χ4v) is 3.65. The molecule has 1 heterocycles. The van der Waals surface area contributed by atoms with Crippen molar-refractivity contribution in [2.24, 2.45) is 5.41 Å². The molecule has 1 saturated carbocycles. The lowest BCUT2D eigenvalue weighted by molar-refractivity contribution is 0.0771. The van der Waals surface area contributed by atoms with Crippen molar-refractivity contribution in [3.63, 3.8) is 0 Å². The molecule has 2 nitrogen and oxygen atoms in total. The minimum atomic E-state index is -0.106. The van der Waals surface area contributed by atoms with Gasteiger partial charge in [0.05, 0.1) is 6.61 Å². The van der Waals surface area contributed by atoms with Crippen molar-refractivity contribution in [2.75, 3.05) is 11.9 Å². The summed E-state index contributed by atoms with van der Waals surface area (Å²) in [5, 5.41) is 1.03. The molecule has 0 aromatic heterocycles. The highest BCUT2D eigenvalue weighted by atomic mass is 79.9. The summed E-state index contributed by atoms with van der Waals surface area (Å²) in [5.74, 6) is 1.87. The van der Waals surface area contributed by atoms with Crippen LogP contribution < -0.4 is 9.47 Å². The Balaban J connectivity index is 1.75. The molecule has 0 radical (unpaired) electrons. The van der Waals surface area contributed by atoms with Crippen LogP contribution in [0, 0.1) is 5.41 Å². The predicted octanol–water partition coefficient (Wildman–Crippen LogP) is 4.34. The normalized spacial score (nSPS) is 22.3. The SMILES string of the molecule is CC1(C)Cc2cccc(OCC3(CBr)CCC3)c2O1. The largest absolute Gasteiger partial charge is 0.489 e. The molecule has 0 bridgehead atoms. The maximum atomic E-state index is 6.09. The van der Waals surface area contributed by atoms with E-state index in [-0.39, 0.29) is 5.60 Å². The fourth-order valence-electron chi connectivity index (χ4n) is 2.93. The molecule has 1 aromatic carbocycles. The van der Waals surface area contributed by atoms with Crippen molar-refractivity contribution in [3.8, 4) is 11.5 Å². The third-order valence-electron chi connectivity index (χ3n) is 4.29. The van der Waals surface area contributed by atoms with E-state index in [1.54, 1.807) is 0 Å². The van der Waals surface area contributed by atoms with Crippen molar-refractivity contribution < 1.29 is 9.47 Å². The van der Waals surface area contributed by atoms with Gasteiger partial charge in [0.15, 0.2) is 11.5 Å². The zero-order valence-electron chi connectivity index (χ0n) is 11.7. The number of hydrogen-bond donors (Lipinski definition) is 0. The molecule has 0 atom stereocenters. The molecule has 3 rings (SSSR count). The Hall–Kier alpha value is -0.700. The van der Waals surface area contributed by atoms with Crippen molar-refractivity contribution in [1.29, 1.82) is 0 Å². The molecule has 0 spiro atoms. The predicted molar refractivity (Wildman–Crippen MR) is 80.4 cm³/mol. The van der Waals surface area contributed by atoms with Gasteiger partial charge in [-0.1, -0.05) is 34.5 Å². The zero-order chi connectivity index (χ0) is 13.5. The minimum absolute atomic E-state index is 0.106. The quantitative estimate of drug-likeness (QED) is 0.767. The van der Waals surface area contributed by atoms with E-state index >= 15 is 0 Å². The van der Waals surface area contributed by atoms with Gasteiger partial charge in [-0.2, -0.15) is 0 Å². The Morgan fingerprint density at radius 3 is 2.74 bits per heavy atom. The van der Waals surface area contributed by atoms with E-state index < -0.39 is 0 Å². The number of hydrogen-bond acceptors (Lipinski definition) is 2. The molecular weight excluding hydrogens is 304 g/mol. The highest BCUT2D eigenvalue weighted by Crippen LogP contribution is 2.45. The number of benzene rings is 1. The maximum absolute atomic E-state index is 6.09. The van der Waals surface area contributed by atoms with Crippen molar-refractivity contribution in [1.82, 2.24) is 0 Å². The van der Waals surface area contributed by atoms with E-state index in [0.717, 1.165) is 29.9 Å². The third-order valence-corrected chi connectivity index (χ3v) is 5.48. The standard InChI is InChI=1S/C16H21BrO2/c1-15(2)9-12-5-3-6-13(14(12)19-15)18-11-16(10-17)7-4-8-16/h3,5-6H,4,7-11H2,1-2H3. The Kier molecular flexibility index (Phi) is 3.28. The first kappa shape index (κ1) is 13.3. The van der Waals surface area contributed by atoms with Gasteiger partial charge in [-0.3, -0.25) is 0 Å². The molecule has 0 amide bonds. The van der Waals surface area contributed by atoms with E-state index in [1.807, 2.05) is 6.07 Å². The zero-order valence-corrected chi connectivity index (χ0v) is 13.3. The van der Waals surface area contributed by atoms with Gasteiger partial charge >= 0.3 is 0 Å². The molecule has 0 N–H and O–H groups in total. The second kappa shape index (κ2) is 4.69. The van der Waals surface area contributed by atoms with Crippen LogP contribution in [-0.2, 0) is 6.42 Å². The third kappa shape index (κ3) is 2.49. The molecule has 1 aliphatic heterocycles. The maximum Gasteiger partial charge on any atom is 0.165 e. The average Bonchev–Trinajstić information content (AvgIpc) is 2.63. The van der Waals surface area contributed by atoms with Crippen molar-refractivity contribution in [3.05, 3.63) is 23.8 Å². The summed E-state index contributed by atoms with van der Waals surface area (Å²) in [6.07, 6.45) is 4.81. The van der Waals surface area contributed by atoms with Crippen LogP contribution in [0.3, 0.4) is 0 Å². The van der Waals surface area contributed by atoms with E-state index in [0.29, 0.717) is 5.41 Å². The van der Waals surface area contributed by atoms with Crippen LogP contribution in [0.5, 0.6) is 11.5 Å². The highest BCUT2D eigenvalue weighted by molar-refractivity contribution is 9.09. The monoisotopic (exact) mass is 324 g/mol. The topological polar surface area (TPSA) is 18.5 Å². The molecule has 0 unspecified atom stereocenters. The Bertz CT molecular complexity index is 472. The first-order valence-corrected chi connectivity index (χ1v) is 8.16. The van der Waals surface area contributed by atoms with E-state index in [1.165, 1.54) is 24.8 Å². The van der Waals surface area contributed by atoms with Crippen LogP contribution in [0.4, 0.5) is 0 Å². The average molecular weight is 325 g/mol. The van der Waals surface area contributed by atoms with Crippen LogP contribution in [0.25, 0.3) is 0 Å². The lowest BCUT2D eigenvalue weighted by Crippen LogP contribution is -2.37. The number of rotatable bonds is 4. The van der Waals surface area contributed by atoms with Crippen LogP contribution in [-0.4, -0.2) is 17.5 Å². The summed E-state index contributed by atoms with van der Waals surface area (Å²) in [6, 6.07) is 6.24. The van der Waals surface area contributed by atoms with Gasteiger partial charge in [0.2, 0.25) is 0 Å². The summed E-state index contributed by atoms with van der Waals surface area (Å²) in [4.78, 5) is 0. The van der Waals surface area contributed by atoms with Crippen LogP contribution >= 0.6 is 15.9 Å². The van der Waals surface area contributed by atoms with Crippen LogP contribution in [0.1, 0.15) is 38.7 Å². The number of fused-ring (bicyclic) bond motifs is 1. The molecule has 104 valence electrons. The molecular formula is C16H21BrO2. The summed E-state index contributed by atoms with van der Waals surface area (Å²) in [5.41, 5.74) is 1.51. The van der Waals surface area contributed by atoms with E-state index in [9.17, 15) is 0 Å². The smallest absolute Gasteiger partial charge is 0.165 e. The molecule has 1 aliphatic carbocycles. The summed E-state index contributed by atoms with van der Waals surface area (Å²) < 4.78 is 12.1. The fraction of sp³-hybridized carbons (Fsp3) is 0.625. The number of para-hydroxylation sites is 1. The number of alkyl halides is 1. The first-order valence-electron chi connectivity index (χ1n) is 7.03. The molecule has 3 heteroatoms. The molecule has 1 aromatic rings. The molecule has 2 aliphatic rings. The van der Waals surface area contributed by atoms with Gasteiger partial charge < -0.3 is 9.47 Å². The van der Waals surface area contributed by atoms with E-state index in [2.05, 4.69) is 41.9 Å². The van der Waals surface area contributed by atoms with Crippen molar-refractivity contribution in [2.45, 2.75) is 45.1 Å². The number of halogens is 1. The van der Waals surface area contributed by atoms with Crippen LogP contribution in [0.15, 0.2) is 18.2 Å². The van der Waals surface area contributed by atoms with Crippen molar-refractivity contribution >= 4 is 15.9 Å². The van der Waals surface area contributed by atoms with Gasteiger partial charge in [-0.25, -0.2) is 0 Å². The summed E-state index contributed by atoms with van der Waals surface area (Å²) in [7, 11) is 0. The Morgan fingerprint density at radius 2 is 2.11 bits per heavy atom. The van der Waals surface area contributed by atoms with Gasteiger partial charge in [0.25, 0.3) is 0 Å². The lowest BCUT2D eigenvalue weighted by Gasteiger charge is -2.40. The van der Waals surface area contributed by atoms with Gasteiger partial charge in [-0.15, -0.1) is 0 Å². The Morgan fingerprint density at radius 1 is 1.32 bits per heavy atom. The number of ether oxygens (including phenoxy) is 2. The molecule has 0 saturated heterocycles. The second-order valence-electron chi connectivity index (χ2n) is 6.56. The minimum Gasteiger partial charge on any atom is -0.489 e. The van der Waals surface area contributed by atoms with E-state index in [4.69, 9.17) is 9.47 Å². The second-order valence-corrected chi connectivity index (χ2v) is 7.12. The first-order chi connectivity index (χ1) is 9.04.